The van der Waals surface area contributed by atoms with Crippen LogP contribution in [-0.2, 0) is 0 Å². The molecule has 78 valence electrons. The van der Waals surface area contributed by atoms with Gasteiger partial charge in [0.2, 0.25) is 0 Å². The van der Waals surface area contributed by atoms with Crippen LogP contribution < -0.4 is 5.32 Å². The number of rotatable bonds is 5. The number of nitrogens with zero attached hydrogens (tertiary/aromatic N) is 2. The van der Waals surface area contributed by atoms with Gasteiger partial charge in [0.15, 0.2) is 0 Å². The van der Waals surface area contributed by atoms with Gasteiger partial charge in [-0.15, -0.1) is 0 Å². The fraction of sp³-hybridized carbons (Fsp3) is 1.00. The summed E-state index contributed by atoms with van der Waals surface area (Å²) in [6, 6.07) is 0.732. The summed E-state index contributed by atoms with van der Waals surface area (Å²) in [6.07, 6.45) is 1.31. The largest absolute Gasteiger partial charge is 0.311 e. The first-order chi connectivity index (χ1) is 6.22. The average Bonchev–Trinajstić information content (AvgIpc) is 2.51. The van der Waals surface area contributed by atoms with Gasteiger partial charge in [-0.25, -0.2) is 0 Å². The molecule has 0 aromatic rings. The van der Waals surface area contributed by atoms with Crippen LogP contribution in [0.4, 0.5) is 0 Å². The molecule has 1 saturated heterocycles. The van der Waals surface area contributed by atoms with E-state index in [2.05, 4.69) is 36.1 Å². The summed E-state index contributed by atoms with van der Waals surface area (Å²) in [5.41, 5.74) is 0. The molecule has 1 aliphatic heterocycles. The van der Waals surface area contributed by atoms with Crippen molar-refractivity contribution in [1.29, 1.82) is 0 Å². The summed E-state index contributed by atoms with van der Waals surface area (Å²) >= 11 is 0. The Balaban J connectivity index is 2.00. The lowest BCUT2D eigenvalue weighted by molar-refractivity contribution is 0.335. The summed E-state index contributed by atoms with van der Waals surface area (Å²) in [4.78, 5) is 4.73. The third-order valence-corrected chi connectivity index (χ3v) is 2.86. The number of nitrogens with one attached hydrogen (secondary N) is 1. The van der Waals surface area contributed by atoms with Crippen molar-refractivity contribution >= 4 is 0 Å². The summed E-state index contributed by atoms with van der Waals surface area (Å²) in [5.74, 6) is 0. The van der Waals surface area contributed by atoms with E-state index < -0.39 is 0 Å². The first kappa shape index (κ1) is 11.0. The van der Waals surface area contributed by atoms with Crippen LogP contribution in [0.1, 0.15) is 13.3 Å². The summed E-state index contributed by atoms with van der Waals surface area (Å²) in [5, 5.41) is 3.59. The first-order valence-corrected chi connectivity index (χ1v) is 5.33. The van der Waals surface area contributed by atoms with Gasteiger partial charge >= 0.3 is 0 Å². The fourth-order valence-electron chi connectivity index (χ4n) is 1.72. The summed E-state index contributed by atoms with van der Waals surface area (Å²) < 4.78 is 0. The average molecular weight is 185 g/mol. The maximum absolute atomic E-state index is 3.59. The zero-order valence-electron chi connectivity index (χ0n) is 9.21. The zero-order valence-corrected chi connectivity index (χ0v) is 9.21. The lowest BCUT2D eigenvalue weighted by Gasteiger charge is -2.17. The third kappa shape index (κ3) is 4.07. The van der Waals surface area contributed by atoms with Gasteiger partial charge in [0, 0.05) is 25.7 Å². The molecule has 0 aromatic carbocycles. The second-order valence-corrected chi connectivity index (χ2v) is 4.10. The van der Waals surface area contributed by atoms with Gasteiger partial charge in [-0.05, 0) is 33.6 Å². The fourth-order valence-corrected chi connectivity index (χ4v) is 1.72. The zero-order chi connectivity index (χ0) is 9.68. The van der Waals surface area contributed by atoms with E-state index in [1.54, 1.807) is 0 Å². The van der Waals surface area contributed by atoms with Crippen LogP contribution in [0.2, 0.25) is 0 Å². The van der Waals surface area contributed by atoms with Crippen molar-refractivity contribution in [3.8, 4) is 0 Å². The molecule has 0 radical (unpaired) electrons. The Morgan fingerprint density at radius 1 is 1.54 bits per heavy atom. The van der Waals surface area contributed by atoms with Gasteiger partial charge in [-0.3, -0.25) is 0 Å². The number of likely N-dealkylation sites (tertiary alicyclic amines) is 1. The molecule has 0 aromatic heterocycles. The Hall–Kier alpha value is -0.120. The minimum atomic E-state index is 0.732. The predicted molar refractivity (Wildman–Crippen MR) is 57.1 cm³/mol. The maximum Gasteiger partial charge on any atom is 0.0207 e. The Labute approximate surface area is 82.1 Å². The van der Waals surface area contributed by atoms with Crippen LogP contribution in [0, 0.1) is 0 Å². The van der Waals surface area contributed by atoms with E-state index in [-0.39, 0.29) is 0 Å². The number of likely N-dealkylation sites (N-methyl/N-ethyl adjacent to an activating group) is 2. The standard InChI is InChI=1S/C10H23N3/c1-4-12(2)8-6-11-10-5-7-13(3)9-10/h10-11H,4-9H2,1-3H3. The Morgan fingerprint density at radius 2 is 2.31 bits per heavy atom. The van der Waals surface area contributed by atoms with Crippen LogP contribution in [0.15, 0.2) is 0 Å². The molecule has 1 fully saturated rings. The smallest absolute Gasteiger partial charge is 0.0207 e. The Morgan fingerprint density at radius 3 is 2.85 bits per heavy atom. The van der Waals surface area contributed by atoms with Gasteiger partial charge in [0.1, 0.15) is 0 Å². The molecule has 1 heterocycles. The van der Waals surface area contributed by atoms with Gasteiger partial charge in [0.25, 0.3) is 0 Å². The Kier molecular flexibility index (Phi) is 4.70. The molecule has 3 heteroatoms. The molecule has 1 rings (SSSR count). The van der Waals surface area contributed by atoms with E-state index in [9.17, 15) is 0 Å². The minimum absolute atomic E-state index is 0.732. The molecule has 13 heavy (non-hydrogen) atoms. The molecular weight excluding hydrogens is 162 g/mol. The highest BCUT2D eigenvalue weighted by molar-refractivity contribution is 4.78. The Bertz CT molecular complexity index is 138. The van der Waals surface area contributed by atoms with Gasteiger partial charge in [-0.1, -0.05) is 6.92 Å². The SMILES string of the molecule is CCN(C)CCNC1CCN(C)C1. The lowest BCUT2D eigenvalue weighted by atomic mass is 10.2. The van der Waals surface area contributed by atoms with E-state index >= 15 is 0 Å². The van der Waals surface area contributed by atoms with Crippen molar-refractivity contribution in [1.82, 2.24) is 15.1 Å². The van der Waals surface area contributed by atoms with Gasteiger partial charge in [0.05, 0.1) is 0 Å². The lowest BCUT2D eigenvalue weighted by Crippen LogP contribution is -2.37. The molecule has 1 N–H and O–H groups in total. The molecule has 1 aliphatic rings. The van der Waals surface area contributed by atoms with Crippen molar-refractivity contribution in [3.63, 3.8) is 0 Å². The van der Waals surface area contributed by atoms with E-state index in [0.29, 0.717) is 0 Å². The highest BCUT2D eigenvalue weighted by Gasteiger charge is 2.17. The first-order valence-electron chi connectivity index (χ1n) is 5.33. The molecule has 0 amide bonds. The number of hydrogen-bond acceptors (Lipinski definition) is 3. The molecule has 0 saturated carbocycles. The minimum Gasteiger partial charge on any atom is -0.311 e. The molecule has 0 aliphatic carbocycles. The van der Waals surface area contributed by atoms with Crippen molar-refractivity contribution < 1.29 is 0 Å². The van der Waals surface area contributed by atoms with Crippen LogP contribution >= 0.6 is 0 Å². The molecule has 0 spiro atoms. The van der Waals surface area contributed by atoms with E-state index in [4.69, 9.17) is 0 Å². The molecular formula is C10H23N3. The predicted octanol–water partition coefficient (Wildman–Crippen LogP) is 0.232. The highest BCUT2D eigenvalue weighted by atomic mass is 15.2. The van der Waals surface area contributed by atoms with Gasteiger partial charge < -0.3 is 15.1 Å². The second kappa shape index (κ2) is 5.58. The van der Waals surface area contributed by atoms with E-state index in [1.165, 1.54) is 19.5 Å². The van der Waals surface area contributed by atoms with E-state index in [1.807, 2.05) is 0 Å². The quantitative estimate of drug-likeness (QED) is 0.661. The molecule has 1 unspecified atom stereocenters. The van der Waals surface area contributed by atoms with Crippen LogP contribution in [0.3, 0.4) is 0 Å². The van der Waals surface area contributed by atoms with E-state index in [0.717, 1.165) is 25.7 Å². The van der Waals surface area contributed by atoms with Crippen molar-refractivity contribution in [3.05, 3.63) is 0 Å². The van der Waals surface area contributed by atoms with Crippen LogP contribution in [-0.4, -0.2) is 62.7 Å². The monoisotopic (exact) mass is 185 g/mol. The van der Waals surface area contributed by atoms with Crippen LogP contribution in [0.25, 0.3) is 0 Å². The topological polar surface area (TPSA) is 18.5 Å². The normalized spacial score (nSPS) is 24.5. The number of hydrogen-bond donors (Lipinski definition) is 1. The molecule has 3 nitrogen and oxygen atoms in total. The maximum atomic E-state index is 3.59. The summed E-state index contributed by atoms with van der Waals surface area (Å²) in [7, 11) is 4.36. The van der Waals surface area contributed by atoms with Crippen LogP contribution in [0.5, 0.6) is 0 Å². The third-order valence-electron chi connectivity index (χ3n) is 2.86. The van der Waals surface area contributed by atoms with Crippen molar-refractivity contribution in [2.45, 2.75) is 19.4 Å². The van der Waals surface area contributed by atoms with Crippen molar-refractivity contribution in [2.24, 2.45) is 0 Å². The van der Waals surface area contributed by atoms with Crippen molar-refractivity contribution in [2.75, 3.05) is 46.8 Å². The van der Waals surface area contributed by atoms with Gasteiger partial charge in [-0.2, -0.15) is 0 Å². The second-order valence-electron chi connectivity index (χ2n) is 4.10. The highest BCUT2D eigenvalue weighted by Crippen LogP contribution is 2.05. The summed E-state index contributed by atoms with van der Waals surface area (Å²) in [6.45, 7) is 8.10. The molecule has 1 atom stereocenters. The molecule has 0 bridgehead atoms.